The van der Waals surface area contributed by atoms with Crippen molar-refractivity contribution in [2.75, 3.05) is 5.73 Å². The summed E-state index contributed by atoms with van der Waals surface area (Å²) in [6.45, 7) is 2.20. The molecule has 0 spiro atoms. The smallest absolute Gasteiger partial charge is 0.127 e. The fourth-order valence-corrected chi connectivity index (χ4v) is 2.17. The molecule has 2 heterocycles. The van der Waals surface area contributed by atoms with Crippen molar-refractivity contribution in [3.8, 4) is 0 Å². The van der Waals surface area contributed by atoms with Gasteiger partial charge in [-0.1, -0.05) is 19.8 Å². The maximum Gasteiger partial charge on any atom is 0.127 e. The SMILES string of the molecule is CCCCCc1cc2nc(Br)ccc2nc1N. The molecule has 0 saturated heterocycles. The Labute approximate surface area is 110 Å². The Morgan fingerprint density at radius 2 is 2.00 bits per heavy atom. The third-order valence-corrected chi connectivity index (χ3v) is 3.24. The second-order valence-electron chi connectivity index (χ2n) is 4.16. The summed E-state index contributed by atoms with van der Waals surface area (Å²) in [7, 11) is 0. The molecule has 4 heteroatoms. The van der Waals surface area contributed by atoms with E-state index in [2.05, 4.69) is 38.9 Å². The van der Waals surface area contributed by atoms with Crippen LogP contribution in [0.4, 0.5) is 5.82 Å². The summed E-state index contributed by atoms with van der Waals surface area (Å²) in [5.41, 5.74) is 8.82. The van der Waals surface area contributed by atoms with Crippen LogP contribution in [0.2, 0.25) is 0 Å². The topological polar surface area (TPSA) is 51.8 Å². The van der Waals surface area contributed by atoms with Gasteiger partial charge in [-0.25, -0.2) is 9.97 Å². The molecule has 3 nitrogen and oxygen atoms in total. The van der Waals surface area contributed by atoms with Gasteiger partial charge >= 0.3 is 0 Å². The highest BCUT2D eigenvalue weighted by molar-refractivity contribution is 9.10. The van der Waals surface area contributed by atoms with E-state index >= 15 is 0 Å². The number of aryl methyl sites for hydroxylation is 1. The van der Waals surface area contributed by atoms with Gasteiger partial charge in [0, 0.05) is 0 Å². The van der Waals surface area contributed by atoms with Crippen LogP contribution in [0.3, 0.4) is 0 Å². The van der Waals surface area contributed by atoms with Crippen LogP contribution in [-0.4, -0.2) is 9.97 Å². The summed E-state index contributed by atoms with van der Waals surface area (Å²) in [4.78, 5) is 8.79. The number of nitrogens with two attached hydrogens (primary N) is 1. The predicted molar refractivity (Wildman–Crippen MR) is 74.9 cm³/mol. The van der Waals surface area contributed by atoms with Crippen molar-refractivity contribution in [1.29, 1.82) is 0 Å². The van der Waals surface area contributed by atoms with Gasteiger partial charge in [0.25, 0.3) is 0 Å². The molecule has 0 aromatic carbocycles. The molecule has 0 saturated carbocycles. The number of nitrogens with zero attached hydrogens (tertiary/aromatic N) is 2. The molecular weight excluding hydrogens is 278 g/mol. The second kappa shape index (κ2) is 5.45. The quantitative estimate of drug-likeness (QED) is 0.691. The molecule has 0 radical (unpaired) electrons. The number of halogens is 1. The van der Waals surface area contributed by atoms with Gasteiger partial charge in [-0.2, -0.15) is 0 Å². The lowest BCUT2D eigenvalue weighted by Gasteiger charge is -2.06. The van der Waals surface area contributed by atoms with Crippen LogP contribution in [0.25, 0.3) is 11.0 Å². The standard InChI is InChI=1S/C13H16BrN3/c1-2-3-4-5-9-8-11-10(17-13(9)15)6-7-12(14)16-11/h6-8H,2-5H2,1H3,(H2,15,17). The Kier molecular flexibility index (Phi) is 3.94. The Morgan fingerprint density at radius 1 is 1.18 bits per heavy atom. The molecule has 0 aliphatic rings. The van der Waals surface area contributed by atoms with Gasteiger partial charge in [-0.15, -0.1) is 0 Å². The van der Waals surface area contributed by atoms with E-state index in [1.54, 1.807) is 0 Å². The zero-order valence-corrected chi connectivity index (χ0v) is 11.5. The van der Waals surface area contributed by atoms with Gasteiger partial charge in [0.1, 0.15) is 10.4 Å². The number of unbranched alkanes of at least 4 members (excludes halogenated alkanes) is 2. The van der Waals surface area contributed by atoms with Crippen LogP contribution in [0.15, 0.2) is 22.8 Å². The normalized spacial score (nSPS) is 10.9. The lowest BCUT2D eigenvalue weighted by Crippen LogP contribution is -1.99. The molecule has 0 bridgehead atoms. The van der Waals surface area contributed by atoms with Crippen molar-refractivity contribution >= 4 is 32.8 Å². The van der Waals surface area contributed by atoms with Crippen molar-refractivity contribution in [3.63, 3.8) is 0 Å². The Balaban J connectivity index is 2.32. The van der Waals surface area contributed by atoms with Crippen LogP contribution in [0.1, 0.15) is 31.7 Å². The lowest BCUT2D eigenvalue weighted by atomic mass is 10.1. The molecule has 2 aromatic rings. The molecule has 0 atom stereocenters. The largest absolute Gasteiger partial charge is 0.383 e. The first-order valence-corrected chi connectivity index (χ1v) is 6.71. The summed E-state index contributed by atoms with van der Waals surface area (Å²) < 4.78 is 0.830. The number of pyridine rings is 2. The van der Waals surface area contributed by atoms with Crippen LogP contribution < -0.4 is 5.73 Å². The van der Waals surface area contributed by atoms with Crippen molar-refractivity contribution in [2.45, 2.75) is 32.6 Å². The van der Waals surface area contributed by atoms with Gasteiger partial charge in [0.15, 0.2) is 0 Å². The van der Waals surface area contributed by atoms with Gasteiger partial charge in [0.05, 0.1) is 11.0 Å². The second-order valence-corrected chi connectivity index (χ2v) is 4.97. The molecule has 0 aliphatic heterocycles. The maximum absolute atomic E-state index is 5.96. The highest BCUT2D eigenvalue weighted by Crippen LogP contribution is 2.20. The Hall–Kier alpha value is -1.16. The highest BCUT2D eigenvalue weighted by atomic mass is 79.9. The van der Waals surface area contributed by atoms with E-state index in [-0.39, 0.29) is 0 Å². The number of fused-ring (bicyclic) bond motifs is 1. The van der Waals surface area contributed by atoms with E-state index in [1.807, 2.05) is 12.1 Å². The summed E-state index contributed by atoms with van der Waals surface area (Å²) in [5, 5.41) is 0. The minimum absolute atomic E-state index is 0.637. The molecule has 0 fully saturated rings. The molecule has 0 amide bonds. The fourth-order valence-electron chi connectivity index (χ4n) is 1.85. The molecule has 0 aliphatic carbocycles. The van der Waals surface area contributed by atoms with Crippen molar-refractivity contribution in [2.24, 2.45) is 0 Å². The first-order chi connectivity index (χ1) is 8.20. The van der Waals surface area contributed by atoms with E-state index in [9.17, 15) is 0 Å². The number of rotatable bonds is 4. The van der Waals surface area contributed by atoms with Crippen LogP contribution in [0.5, 0.6) is 0 Å². The molecular formula is C13H16BrN3. The average molecular weight is 294 g/mol. The van der Waals surface area contributed by atoms with E-state index in [1.165, 1.54) is 12.8 Å². The van der Waals surface area contributed by atoms with E-state index in [0.717, 1.165) is 34.0 Å². The van der Waals surface area contributed by atoms with Crippen LogP contribution in [-0.2, 0) is 6.42 Å². The van der Waals surface area contributed by atoms with Gasteiger partial charge in [-0.05, 0) is 52.5 Å². The zero-order chi connectivity index (χ0) is 12.3. The number of aromatic nitrogens is 2. The summed E-state index contributed by atoms with van der Waals surface area (Å²) >= 11 is 3.37. The number of hydrogen-bond donors (Lipinski definition) is 1. The monoisotopic (exact) mass is 293 g/mol. The van der Waals surface area contributed by atoms with Gasteiger partial charge in [0.2, 0.25) is 0 Å². The van der Waals surface area contributed by atoms with Crippen LogP contribution >= 0.6 is 15.9 Å². The Morgan fingerprint density at radius 3 is 2.76 bits per heavy atom. The molecule has 90 valence electrons. The summed E-state index contributed by atoms with van der Waals surface area (Å²) in [6.07, 6.45) is 4.58. The average Bonchev–Trinajstić information content (AvgIpc) is 2.31. The lowest BCUT2D eigenvalue weighted by molar-refractivity contribution is 0.717. The first kappa shape index (κ1) is 12.3. The van der Waals surface area contributed by atoms with Crippen molar-refractivity contribution in [3.05, 3.63) is 28.4 Å². The molecule has 2 rings (SSSR count). The number of nitrogen functional groups attached to an aromatic ring is 1. The maximum atomic E-state index is 5.96. The first-order valence-electron chi connectivity index (χ1n) is 5.92. The third-order valence-electron chi connectivity index (χ3n) is 2.80. The van der Waals surface area contributed by atoms with Crippen molar-refractivity contribution in [1.82, 2.24) is 9.97 Å². The van der Waals surface area contributed by atoms with E-state index < -0.39 is 0 Å². The predicted octanol–water partition coefficient (Wildman–Crippen LogP) is 3.71. The van der Waals surface area contributed by atoms with E-state index in [0.29, 0.717) is 5.82 Å². The zero-order valence-electron chi connectivity index (χ0n) is 9.91. The number of anilines is 1. The van der Waals surface area contributed by atoms with Crippen molar-refractivity contribution < 1.29 is 0 Å². The molecule has 2 aromatic heterocycles. The third kappa shape index (κ3) is 2.94. The summed E-state index contributed by atoms with van der Waals surface area (Å²) in [5.74, 6) is 0.637. The van der Waals surface area contributed by atoms with Gasteiger partial charge in [-0.3, -0.25) is 0 Å². The van der Waals surface area contributed by atoms with Crippen LogP contribution in [0, 0.1) is 0 Å². The highest BCUT2D eigenvalue weighted by Gasteiger charge is 2.05. The minimum Gasteiger partial charge on any atom is -0.383 e. The summed E-state index contributed by atoms with van der Waals surface area (Å²) in [6, 6.07) is 5.86. The van der Waals surface area contributed by atoms with E-state index in [4.69, 9.17) is 5.73 Å². The molecule has 2 N–H and O–H groups in total. The Bertz CT molecular complexity index is 525. The molecule has 0 unspecified atom stereocenters. The number of hydrogen-bond acceptors (Lipinski definition) is 3. The molecule has 17 heavy (non-hydrogen) atoms. The van der Waals surface area contributed by atoms with Gasteiger partial charge < -0.3 is 5.73 Å². The minimum atomic E-state index is 0.637. The fraction of sp³-hybridized carbons (Fsp3) is 0.385.